The van der Waals surface area contributed by atoms with Crippen molar-refractivity contribution in [1.29, 1.82) is 0 Å². The lowest BCUT2D eigenvalue weighted by Gasteiger charge is -2.29. The molecule has 31 heavy (non-hydrogen) atoms. The van der Waals surface area contributed by atoms with Crippen LogP contribution in [0.1, 0.15) is 61.9 Å². The van der Waals surface area contributed by atoms with Crippen LogP contribution in [0.5, 0.6) is 0 Å². The number of pyridine rings is 2. The second-order valence-electron chi connectivity index (χ2n) is 8.44. The zero-order valence-corrected chi connectivity index (χ0v) is 18.5. The summed E-state index contributed by atoms with van der Waals surface area (Å²) in [6.07, 6.45) is 14.2. The molecule has 2 N–H and O–H groups in total. The number of hydrogen-bond acceptors (Lipinski definition) is 5. The number of nitrogens with zero attached hydrogens (tertiary/aromatic N) is 4. The molecule has 0 aromatic carbocycles. The van der Waals surface area contributed by atoms with Gasteiger partial charge in [0.05, 0.1) is 22.8 Å². The van der Waals surface area contributed by atoms with Gasteiger partial charge in [-0.3, -0.25) is 9.78 Å². The normalized spacial score (nSPS) is 15.7. The number of carbonyl (C=O) groups excluding carboxylic acids is 1. The molecular weight excluding hydrogens is 388 g/mol. The summed E-state index contributed by atoms with van der Waals surface area (Å²) in [5.41, 5.74) is 3.34. The van der Waals surface area contributed by atoms with E-state index in [-0.39, 0.29) is 11.9 Å². The first-order chi connectivity index (χ1) is 15.2. The minimum Gasteiger partial charge on any atom is -0.381 e. The molecule has 0 spiro atoms. The van der Waals surface area contributed by atoms with Crippen LogP contribution in [0, 0.1) is 5.92 Å². The predicted octanol–water partition coefficient (Wildman–Crippen LogP) is 4.20. The topological polar surface area (TPSA) is 84.7 Å². The average Bonchev–Trinajstić information content (AvgIpc) is 3.24. The number of aromatic nitrogens is 4. The maximum atomic E-state index is 13.1. The van der Waals surface area contributed by atoms with Crippen molar-refractivity contribution in [2.24, 2.45) is 5.92 Å². The molecule has 7 heteroatoms. The lowest BCUT2D eigenvalue weighted by molar-refractivity contribution is 0.0954. The van der Waals surface area contributed by atoms with Gasteiger partial charge in [0.2, 0.25) is 0 Å². The monoisotopic (exact) mass is 420 g/mol. The second kappa shape index (κ2) is 9.90. The molecule has 1 saturated carbocycles. The van der Waals surface area contributed by atoms with Crippen molar-refractivity contribution in [3.05, 3.63) is 48.0 Å². The highest BCUT2D eigenvalue weighted by Crippen LogP contribution is 2.32. The molecule has 164 valence electrons. The Bertz CT molecular complexity index is 1010. The largest absolute Gasteiger partial charge is 0.381 e. The maximum absolute atomic E-state index is 13.1. The summed E-state index contributed by atoms with van der Waals surface area (Å²) in [4.78, 5) is 21.8. The highest BCUT2D eigenvalue weighted by atomic mass is 16.1. The lowest BCUT2D eigenvalue weighted by atomic mass is 9.84. The summed E-state index contributed by atoms with van der Waals surface area (Å²) in [6, 6.07) is 4.22. The van der Waals surface area contributed by atoms with E-state index >= 15 is 0 Å². The Morgan fingerprint density at radius 2 is 2.06 bits per heavy atom. The van der Waals surface area contributed by atoms with Crippen molar-refractivity contribution in [2.45, 2.75) is 65.0 Å². The van der Waals surface area contributed by atoms with E-state index in [1.807, 2.05) is 36.1 Å². The predicted molar refractivity (Wildman–Crippen MR) is 123 cm³/mol. The van der Waals surface area contributed by atoms with Gasteiger partial charge in [-0.15, -0.1) is 0 Å². The Kier molecular flexibility index (Phi) is 6.79. The molecule has 0 radical (unpaired) electrons. The molecule has 3 heterocycles. The lowest BCUT2D eigenvalue weighted by Crippen LogP contribution is -2.31. The van der Waals surface area contributed by atoms with E-state index in [2.05, 4.69) is 32.6 Å². The third kappa shape index (κ3) is 4.86. The molecule has 3 aromatic rings. The van der Waals surface area contributed by atoms with Gasteiger partial charge in [0.1, 0.15) is 0 Å². The van der Waals surface area contributed by atoms with Gasteiger partial charge >= 0.3 is 0 Å². The molecule has 3 aromatic heterocycles. The summed E-state index contributed by atoms with van der Waals surface area (Å²) in [7, 11) is 0. The molecule has 0 saturated heterocycles. The van der Waals surface area contributed by atoms with Crippen LogP contribution >= 0.6 is 0 Å². The van der Waals surface area contributed by atoms with Crippen LogP contribution in [0.3, 0.4) is 0 Å². The van der Waals surface area contributed by atoms with E-state index in [4.69, 9.17) is 0 Å². The molecule has 1 fully saturated rings. The summed E-state index contributed by atoms with van der Waals surface area (Å²) >= 11 is 0. The Labute approximate surface area is 183 Å². The fourth-order valence-corrected chi connectivity index (χ4v) is 4.53. The minimum atomic E-state index is -0.110. The molecule has 0 unspecified atom stereocenters. The summed E-state index contributed by atoms with van der Waals surface area (Å²) in [6.45, 7) is 5.57. The second-order valence-corrected chi connectivity index (χ2v) is 8.44. The van der Waals surface area contributed by atoms with Crippen LogP contribution in [0.15, 0.2) is 36.9 Å². The van der Waals surface area contributed by atoms with E-state index in [0.29, 0.717) is 18.0 Å². The molecular formula is C24H32N6O. The van der Waals surface area contributed by atoms with Crippen molar-refractivity contribution in [3.63, 3.8) is 0 Å². The van der Waals surface area contributed by atoms with E-state index in [9.17, 15) is 4.79 Å². The summed E-state index contributed by atoms with van der Waals surface area (Å²) in [5, 5.41) is 12.1. The highest BCUT2D eigenvalue weighted by Gasteiger charge is 2.24. The minimum absolute atomic E-state index is 0.110. The Hall–Kier alpha value is -2.96. The van der Waals surface area contributed by atoms with Crippen molar-refractivity contribution in [2.75, 3.05) is 11.9 Å². The molecule has 1 aliphatic rings. The first kappa shape index (κ1) is 21.3. The van der Waals surface area contributed by atoms with Gasteiger partial charge in [0, 0.05) is 37.7 Å². The van der Waals surface area contributed by atoms with Crippen molar-refractivity contribution in [3.8, 4) is 0 Å². The maximum Gasteiger partial charge on any atom is 0.254 e. The quantitative estimate of drug-likeness (QED) is 0.570. The number of rotatable bonds is 8. The van der Waals surface area contributed by atoms with Crippen molar-refractivity contribution in [1.82, 2.24) is 25.1 Å². The van der Waals surface area contributed by atoms with Gasteiger partial charge in [0.15, 0.2) is 5.65 Å². The summed E-state index contributed by atoms with van der Waals surface area (Å²) in [5.74, 6) is 0.514. The third-order valence-corrected chi connectivity index (χ3v) is 6.36. The third-order valence-electron chi connectivity index (χ3n) is 6.36. The van der Waals surface area contributed by atoms with Gasteiger partial charge in [-0.05, 0) is 50.7 Å². The first-order valence-corrected chi connectivity index (χ1v) is 11.5. The smallest absolute Gasteiger partial charge is 0.254 e. The highest BCUT2D eigenvalue weighted by molar-refractivity contribution is 6.06. The number of aryl methyl sites for hydroxylation is 1. The average molecular weight is 421 g/mol. The van der Waals surface area contributed by atoms with Crippen LogP contribution in [0.25, 0.3) is 11.0 Å². The van der Waals surface area contributed by atoms with Crippen LogP contribution in [-0.2, 0) is 13.0 Å². The number of carbonyl (C=O) groups is 1. The Morgan fingerprint density at radius 3 is 2.81 bits per heavy atom. The molecule has 1 atom stereocenters. The number of hydrogen-bond donors (Lipinski definition) is 2. The zero-order valence-electron chi connectivity index (χ0n) is 18.5. The fraction of sp³-hybridized carbons (Fsp3) is 0.500. The first-order valence-electron chi connectivity index (χ1n) is 11.5. The fourth-order valence-electron chi connectivity index (χ4n) is 4.53. The van der Waals surface area contributed by atoms with Gasteiger partial charge in [-0.2, -0.15) is 5.10 Å². The van der Waals surface area contributed by atoms with Gasteiger partial charge in [-0.25, -0.2) is 9.67 Å². The standard InChI is InChI=1S/C24H32N6O/c1-3-30-23-20(16-28-30)22(29-17(2)19-9-5-4-6-10-19)21(15-27-23)24(31)26-13-11-18-8-7-12-25-14-18/h7-8,12,14-17,19H,3-6,9-11,13H2,1-2H3,(H,26,31)(H,27,29)/t17-/m1/s1. The molecule has 4 rings (SSSR count). The molecule has 0 bridgehead atoms. The van der Waals surface area contributed by atoms with Gasteiger partial charge in [-0.1, -0.05) is 25.3 Å². The Morgan fingerprint density at radius 1 is 1.23 bits per heavy atom. The molecule has 1 aliphatic carbocycles. The van der Waals surface area contributed by atoms with Crippen molar-refractivity contribution < 1.29 is 4.79 Å². The van der Waals surface area contributed by atoms with Crippen LogP contribution in [0.2, 0.25) is 0 Å². The van der Waals surface area contributed by atoms with Gasteiger partial charge < -0.3 is 10.6 Å². The number of amides is 1. The number of fused-ring (bicyclic) bond motifs is 1. The van der Waals surface area contributed by atoms with Crippen LogP contribution in [-0.4, -0.2) is 38.2 Å². The summed E-state index contributed by atoms with van der Waals surface area (Å²) < 4.78 is 1.87. The van der Waals surface area contributed by atoms with E-state index in [0.717, 1.165) is 35.2 Å². The van der Waals surface area contributed by atoms with E-state index in [1.165, 1.54) is 32.1 Å². The number of nitrogens with one attached hydrogen (secondary N) is 2. The molecule has 7 nitrogen and oxygen atoms in total. The van der Waals surface area contributed by atoms with Crippen molar-refractivity contribution >= 4 is 22.6 Å². The number of anilines is 1. The van der Waals surface area contributed by atoms with Crippen LogP contribution in [0.4, 0.5) is 5.69 Å². The van der Waals surface area contributed by atoms with E-state index in [1.54, 1.807) is 12.4 Å². The SMILES string of the molecule is CCn1ncc2c(N[C@H](C)C3CCCCC3)c(C(=O)NCCc3cccnc3)cnc21. The van der Waals surface area contributed by atoms with Gasteiger partial charge in [0.25, 0.3) is 5.91 Å². The molecule has 1 amide bonds. The Balaban J connectivity index is 1.56. The molecule has 0 aliphatic heterocycles. The van der Waals surface area contributed by atoms with E-state index < -0.39 is 0 Å². The zero-order chi connectivity index (χ0) is 21.6. The van der Waals surface area contributed by atoms with Crippen LogP contribution < -0.4 is 10.6 Å².